The first kappa shape index (κ1) is 24.4. The molecule has 0 N–H and O–H groups in total. The van der Waals surface area contributed by atoms with E-state index in [1.807, 2.05) is 0 Å². The average Bonchev–Trinajstić information content (AvgIpc) is 2.92. The lowest BCUT2D eigenvalue weighted by molar-refractivity contribution is 0.298. The predicted molar refractivity (Wildman–Crippen MR) is 148 cm³/mol. The van der Waals surface area contributed by atoms with E-state index in [1.54, 1.807) is 0 Å². The van der Waals surface area contributed by atoms with Gasteiger partial charge in [0.05, 0.1) is 0 Å². The summed E-state index contributed by atoms with van der Waals surface area (Å²) in [5, 5.41) is 0. The fraction of sp³-hybridized carbons (Fsp3) is 0.250. The van der Waals surface area contributed by atoms with Gasteiger partial charge in [-0.25, -0.2) is 0 Å². The van der Waals surface area contributed by atoms with Gasteiger partial charge in [0, 0.05) is 12.1 Å². The summed E-state index contributed by atoms with van der Waals surface area (Å²) in [4.78, 5) is 0. The Bertz CT molecular complexity index is 994. The van der Waals surface area contributed by atoms with E-state index in [0.29, 0.717) is 12.1 Å². The first-order valence-electron chi connectivity index (χ1n) is 12.4. The Kier molecular flexibility index (Phi) is 9.08. The van der Waals surface area contributed by atoms with Crippen LogP contribution in [0.2, 0.25) is 0 Å². The zero-order chi connectivity index (χ0) is 23.6. The third-order valence-corrected chi connectivity index (χ3v) is 9.51. The molecule has 174 valence electrons. The third-order valence-electron chi connectivity index (χ3n) is 6.69. The molecule has 4 aromatic carbocycles. The summed E-state index contributed by atoms with van der Waals surface area (Å²) in [6, 6.07) is 44.8. The Labute approximate surface area is 207 Å². The van der Waals surface area contributed by atoms with E-state index < -0.39 is 0 Å². The second-order valence-corrected chi connectivity index (χ2v) is 11.3. The molecule has 0 radical (unpaired) electrons. The van der Waals surface area contributed by atoms with Gasteiger partial charge in [0.2, 0.25) is 0 Å². The van der Waals surface area contributed by atoms with Crippen molar-refractivity contribution in [3.05, 3.63) is 144 Å². The lowest BCUT2D eigenvalue weighted by Gasteiger charge is -2.42. The number of nitrogens with zero attached hydrogens (tertiary/aromatic N) is 1. The largest absolute Gasteiger partial charge is 0.268 e. The van der Waals surface area contributed by atoms with Crippen LogP contribution in [0.4, 0.5) is 0 Å². The van der Waals surface area contributed by atoms with Crippen LogP contribution in [0.25, 0.3) is 0 Å². The quantitative estimate of drug-likeness (QED) is 0.200. The van der Waals surface area contributed by atoms with Gasteiger partial charge >= 0.3 is 0 Å². The lowest BCUT2D eigenvalue weighted by atomic mass is 10.0. The van der Waals surface area contributed by atoms with Crippen molar-refractivity contribution in [1.29, 1.82) is 0 Å². The van der Waals surface area contributed by atoms with E-state index >= 15 is 0 Å². The molecular formula is C32H36NP. The molecule has 0 fully saturated rings. The van der Waals surface area contributed by atoms with Crippen LogP contribution in [-0.4, -0.2) is 17.0 Å². The van der Waals surface area contributed by atoms with Crippen molar-refractivity contribution >= 4 is 8.07 Å². The molecule has 4 aromatic rings. The van der Waals surface area contributed by atoms with Crippen molar-refractivity contribution in [3.8, 4) is 0 Å². The minimum atomic E-state index is -0.364. The number of aryl methyl sites for hydroxylation is 2. The number of benzene rings is 4. The molecule has 2 unspecified atom stereocenters. The maximum absolute atomic E-state index is 2.84. The van der Waals surface area contributed by atoms with E-state index in [0.717, 1.165) is 12.8 Å². The normalized spacial score (nSPS) is 13.2. The minimum absolute atomic E-state index is 0.356. The van der Waals surface area contributed by atoms with Crippen LogP contribution in [0.3, 0.4) is 0 Å². The SMILES string of the molecule is CC(c1ccccc1)N(C(C)c1ccccc1)P(CCc1ccccc1)CCc1ccccc1. The highest BCUT2D eigenvalue weighted by atomic mass is 31.1. The molecule has 0 aliphatic rings. The molecule has 0 saturated heterocycles. The zero-order valence-electron chi connectivity index (χ0n) is 20.4. The molecule has 2 atom stereocenters. The van der Waals surface area contributed by atoms with Crippen LogP contribution in [0.15, 0.2) is 121 Å². The van der Waals surface area contributed by atoms with Crippen molar-refractivity contribution in [2.45, 2.75) is 38.8 Å². The molecule has 0 aromatic heterocycles. The molecule has 4 rings (SSSR count). The fourth-order valence-corrected chi connectivity index (χ4v) is 7.71. The maximum Gasteiger partial charge on any atom is 0.0363 e. The monoisotopic (exact) mass is 465 g/mol. The van der Waals surface area contributed by atoms with Crippen LogP contribution in [0, 0.1) is 0 Å². The Balaban J connectivity index is 1.65. The van der Waals surface area contributed by atoms with E-state index in [2.05, 4.69) is 140 Å². The first-order valence-corrected chi connectivity index (χ1v) is 14.1. The molecule has 0 saturated carbocycles. The average molecular weight is 466 g/mol. The molecular weight excluding hydrogens is 429 g/mol. The van der Waals surface area contributed by atoms with Crippen LogP contribution in [0.1, 0.15) is 48.2 Å². The Morgan fingerprint density at radius 1 is 0.500 bits per heavy atom. The number of hydrogen-bond acceptors (Lipinski definition) is 1. The molecule has 0 heterocycles. The highest BCUT2D eigenvalue weighted by Gasteiger charge is 2.29. The van der Waals surface area contributed by atoms with Gasteiger partial charge in [0.25, 0.3) is 0 Å². The van der Waals surface area contributed by atoms with Gasteiger partial charge in [-0.2, -0.15) is 0 Å². The molecule has 0 aliphatic carbocycles. The molecule has 2 heteroatoms. The summed E-state index contributed by atoms with van der Waals surface area (Å²) >= 11 is 0. The molecule has 0 bridgehead atoms. The molecule has 34 heavy (non-hydrogen) atoms. The third kappa shape index (κ3) is 6.66. The van der Waals surface area contributed by atoms with Crippen molar-refractivity contribution in [1.82, 2.24) is 4.67 Å². The van der Waals surface area contributed by atoms with Crippen LogP contribution < -0.4 is 0 Å². The summed E-state index contributed by atoms with van der Waals surface area (Å²) in [5.41, 5.74) is 5.68. The van der Waals surface area contributed by atoms with Crippen molar-refractivity contribution in [2.75, 3.05) is 12.3 Å². The summed E-state index contributed by atoms with van der Waals surface area (Å²) in [7, 11) is -0.364. The van der Waals surface area contributed by atoms with E-state index in [-0.39, 0.29) is 8.07 Å². The molecule has 1 nitrogen and oxygen atoms in total. The summed E-state index contributed by atoms with van der Waals surface area (Å²) < 4.78 is 2.84. The second-order valence-electron chi connectivity index (χ2n) is 8.98. The van der Waals surface area contributed by atoms with E-state index in [4.69, 9.17) is 0 Å². The Morgan fingerprint density at radius 2 is 0.824 bits per heavy atom. The first-order chi connectivity index (χ1) is 16.7. The van der Waals surface area contributed by atoms with Crippen molar-refractivity contribution < 1.29 is 0 Å². The van der Waals surface area contributed by atoms with Crippen LogP contribution >= 0.6 is 8.07 Å². The van der Waals surface area contributed by atoms with E-state index in [9.17, 15) is 0 Å². The highest BCUT2D eigenvalue weighted by Crippen LogP contribution is 2.52. The minimum Gasteiger partial charge on any atom is -0.268 e. The van der Waals surface area contributed by atoms with Crippen LogP contribution in [-0.2, 0) is 12.8 Å². The summed E-state index contributed by atoms with van der Waals surface area (Å²) in [6.45, 7) is 4.80. The Hall–Kier alpha value is -2.73. The van der Waals surface area contributed by atoms with Crippen molar-refractivity contribution in [2.24, 2.45) is 0 Å². The fourth-order valence-electron chi connectivity index (χ4n) is 4.74. The van der Waals surface area contributed by atoms with Gasteiger partial charge in [0.15, 0.2) is 0 Å². The second kappa shape index (κ2) is 12.7. The van der Waals surface area contributed by atoms with Gasteiger partial charge in [-0.15, -0.1) is 0 Å². The standard InChI is InChI=1S/C32H36NP/c1-27(31-19-11-5-12-20-31)33(28(2)32-21-13-6-14-22-32)34(25-23-29-15-7-3-8-16-29)26-24-30-17-9-4-10-18-30/h3-22,27-28H,23-26H2,1-2H3. The molecule has 0 aliphatic heterocycles. The number of hydrogen-bond donors (Lipinski definition) is 0. The molecule has 0 amide bonds. The van der Waals surface area contributed by atoms with Crippen LogP contribution in [0.5, 0.6) is 0 Å². The smallest absolute Gasteiger partial charge is 0.0363 e. The summed E-state index contributed by atoms with van der Waals surface area (Å²) in [6.07, 6.45) is 4.67. The summed E-state index contributed by atoms with van der Waals surface area (Å²) in [5.74, 6) is 0. The van der Waals surface area contributed by atoms with Crippen molar-refractivity contribution in [3.63, 3.8) is 0 Å². The number of rotatable bonds is 11. The topological polar surface area (TPSA) is 3.24 Å². The highest BCUT2D eigenvalue weighted by molar-refractivity contribution is 7.55. The van der Waals surface area contributed by atoms with E-state index in [1.165, 1.54) is 34.6 Å². The predicted octanol–water partition coefficient (Wildman–Crippen LogP) is 8.69. The van der Waals surface area contributed by atoms with Gasteiger partial charge in [0.1, 0.15) is 0 Å². The van der Waals surface area contributed by atoms with Gasteiger partial charge < -0.3 is 0 Å². The zero-order valence-corrected chi connectivity index (χ0v) is 21.3. The van der Waals surface area contributed by atoms with Gasteiger partial charge in [-0.05, 0) is 69.3 Å². The Morgan fingerprint density at radius 3 is 1.18 bits per heavy atom. The van der Waals surface area contributed by atoms with Gasteiger partial charge in [-0.3, -0.25) is 4.67 Å². The molecule has 0 spiro atoms. The van der Waals surface area contributed by atoms with Gasteiger partial charge in [-0.1, -0.05) is 121 Å². The maximum atomic E-state index is 2.84. The lowest BCUT2D eigenvalue weighted by Crippen LogP contribution is -2.28.